The zero-order valence-electron chi connectivity index (χ0n) is 16.1. The summed E-state index contributed by atoms with van der Waals surface area (Å²) in [5, 5.41) is 2.76. The smallest absolute Gasteiger partial charge is 0.259 e. The van der Waals surface area contributed by atoms with E-state index < -0.39 is 10.0 Å². The molecule has 0 bridgehead atoms. The maximum atomic E-state index is 12.9. The first-order chi connectivity index (χ1) is 13.8. The van der Waals surface area contributed by atoms with Crippen molar-refractivity contribution in [1.82, 2.24) is 4.31 Å². The minimum Gasteiger partial charge on any atom is -0.454 e. The van der Waals surface area contributed by atoms with Gasteiger partial charge in [-0.3, -0.25) is 4.79 Å². The van der Waals surface area contributed by atoms with Gasteiger partial charge in [0.15, 0.2) is 11.5 Å². The fourth-order valence-corrected chi connectivity index (χ4v) is 5.08. The van der Waals surface area contributed by atoms with E-state index in [1.165, 1.54) is 16.4 Å². The quantitative estimate of drug-likeness (QED) is 0.820. The second kappa shape index (κ2) is 7.66. The molecule has 29 heavy (non-hydrogen) atoms. The molecule has 0 aliphatic carbocycles. The Bertz CT molecular complexity index is 1010. The van der Waals surface area contributed by atoms with E-state index in [-0.39, 0.29) is 29.8 Å². The minimum absolute atomic E-state index is 0.0744. The molecule has 0 saturated carbocycles. The number of nitrogens with one attached hydrogen (secondary N) is 1. The third kappa shape index (κ3) is 3.93. The van der Waals surface area contributed by atoms with Gasteiger partial charge in [-0.1, -0.05) is 6.07 Å². The van der Waals surface area contributed by atoms with Crippen LogP contribution >= 0.6 is 0 Å². The topological polar surface area (TPSA) is 94.2 Å². The predicted octanol–water partition coefficient (Wildman–Crippen LogP) is 2.47. The molecule has 154 valence electrons. The lowest BCUT2D eigenvalue weighted by molar-refractivity contribution is -0.0440. The number of nitrogens with zero attached hydrogens (tertiary/aromatic N) is 1. The largest absolute Gasteiger partial charge is 0.454 e. The molecular formula is C20H22N2O6S. The molecule has 9 heteroatoms. The Hall–Kier alpha value is -2.62. The standard InChI is InChI=1S/C20H22N2O6S/c1-13-10-22(11-14(2)28-13)29(24,25)16-8-6-15(7-9-16)21-20(23)17-4-3-5-18-19(17)27-12-26-18/h3-9,13-14H,10-12H2,1-2H3,(H,21,23). The van der Waals surface area contributed by atoms with Gasteiger partial charge in [0.2, 0.25) is 16.8 Å². The van der Waals surface area contributed by atoms with Crippen molar-refractivity contribution in [3.8, 4) is 11.5 Å². The summed E-state index contributed by atoms with van der Waals surface area (Å²) in [5.74, 6) is 0.562. The van der Waals surface area contributed by atoms with Crippen LogP contribution in [-0.4, -0.2) is 50.7 Å². The molecule has 2 aromatic carbocycles. The van der Waals surface area contributed by atoms with Crippen LogP contribution in [0.5, 0.6) is 11.5 Å². The number of ether oxygens (including phenoxy) is 3. The number of para-hydroxylation sites is 1. The van der Waals surface area contributed by atoms with Gasteiger partial charge in [-0.05, 0) is 50.2 Å². The number of rotatable bonds is 4. The lowest BCUT2D eigenvalue weighted by Gasteiger charge is -2.34. The van der Waals surface area contributed by atoms with Crippen molar-refractivity contribution in [2.24, 2.45) is 0 Å². The van der Waals surface area contributed by atoms with Crippen LogP contribution < -0.4 is 14.8 Å². The van der Waals surface area contributed by atoms with Crippen LogP contribution in [0.4, 0.5) is 5.69 Å². The number of carbonyl (C=O) groups excluding carboxylic acids is 1. The van der Waals surface area contributed by atoms with Crippen molar-refractivity contribution in [3.05, 3.63) is 48.0 Å². The van der Waals surface area contributed by atoms with E-state index in [2.05, 4.69) is 5.32 Å². The molecule has 1 amide bonds. The summed E-state index contributed by atoms with van der Waals surface area (Å²) in [4.78, 5) is 12.8. The summed E-state index contributed by atoms with van der Waals surface area (Å²) < 4.78 is 43.5. The molecule has 8 nitrogen and oxygen atoms in total. The maximum Gasteiger partial charge on any atom is 0.259 e. The van der Waals surface area contributed by atoms with Crippen LogP contribution in [0.25, 0.3) is 0 Å². The fraction of sp³-hybridized carbons (Fsp3) is 0.350. The van der Waals surface area contributed by atoms with Crippen molar-refractivity contribution in [2.75, 3.05) is 25.2 Å². The van der Waals surface area contributed by atoms with Crippen LogP contribution in [0, 0.1) is 0 Å². The normalized spacial score (nSPS) is 21.7. The highest BCUT2D eigenvalue weighted by atomic mass is 32.2. The average Bonchev–Trinajstić information content (AvgIpc) is 3.16. The molecule has 0 radical (unpaired) electrons. The van der Waals surface area contributed by atoms with E-state index in [1.807, 2.05) is 13.8 Å². The van der Waals surface area contributed by atoms with Crippen molar-refractivity contribution >= 4 is 21.6 Å². The number of sulfonamides is 1. The molecular weight excluding hydrogens is 396 g/mol. The Balaban J connectivity index is 1.50. The van der Waals surface area contributed by atoms with Gasteiger partial charge < -0.3 is 19.5 Å². The number of anilines is 1. The molecule has 2 aliphatic rings. The molecule has 2 unspecified atom stereocenters. The summed E-state index contributed by atoms with van der Waals surface area (Å²) in [5.41, 5.74) is 0.835. The first-order valence-corrected chi connectivity index (χ1v) is 10.7. The molecule has 2 heterocycles. The Morgan fingerprint density at radius 3 is 2.41 bits per heavy atom. The van der Waals surface area contributed by atoms with Crippen molar-refractivity contribution in [1.29, 1.82) is 0 Å². The van der Waals surface area contributed by atoms with E-state index in [1.54, 1.807) is 30.3 Å². The Labute approximate surface area is 169 Å². The van der Waals surface area contributed by atoms with Gasteiger partial charge in [0.1, 0.15) is 0 Å². The van der Waals surface area contributed by atoms with Gasteiger partial charge in [0.05, 0.1) is 22.7 Å². The van der Waals surface area contributed by atoms with Gasteiger partial charge >= 0.3 is 0 Å². The number of amides is 1. The highest BCUT2D eigenvalue weighted by Crippen LogP contribution is 2.35. The van der Waals surface area contributed by atoms with Gasteiger partial charge in [0.25, 0.3) is 5.91 Å². The van der Waals surface area contributed by atoms with Gasteiger partial charge in [-0.2, -0.15) is 4.31 Å². The zero-order valence-corrected chi connectivity index (χ0v) is 16.9. The number of benzene rings is 2. The van der Waals surface area contributed by atoms with Crippen LogP contribution in [0.15, 0.2) is 47.4 Å². The fourth-order valence-electron chi connectivity index (χ4n) is 3.49. The first-order valence-electron chi connectivity index (χ1n) is 9.30. The van der Waals surface area contributed by atoms with E-state index in [4.69, 9.17) is 14.2 Å². The monoisotopic (exact) mass is 418 g/mol. The van der Waals surface area contributed by atoms with Crippen molar-refractivity contribution in [3.63, 3.8) is 0 Å². The van der Waals surface area contributed by atoms with Gasteiger partial charge in [0, 0.05) is 18.8 Å². The van der Waals surface area contributed by atoms with E-state index in [9.17, 15) is 13.2 Å². The molecule has 2 aromatic rings. The molecule has 0 aromatic heterocycles. The van der Waals surface area contributed by atoms with Gasteiger partial charge in [-0.15, -0.1) is 0 Å². The third-order valence-electron chi connectivity index (χ3n) is 4.78. The summed E-state index contributed by atoms with van der Waals surface area (Å²) >= 11 is 0. The van der Waals surface area contributed by atoms with Crippen LogP contribution in [-0.2, 0) is 14.8 Å². The number of morpholine rings is 1. The predicted molar refractivity (Wildman–Crippen MR) is 106 cm³/mol. The Kier molecular flexibility index (Phi) is 5.20. The highest BCUT2D eigenvalue weighted by molar-refractivity contribution is 7.89. The number of fused-ring (bicyclic) bond motifs is 1. The summed E-state index contributed by atoms with van der Waals surface area (Å²) in [6.07, 6.45) is -0.322. The lowest BCUT2D eigenvalue weighted by Crippen LogP contribution is -2.48. The molecule has 4 rings (SSSR count). The molecule has 1 fully saturated rings. The van der Waals surface area contributed by atoms with Crippen molar-refractivity contribution < 1.29 is 27.4 Å². The molecule has 0 spiro atoms. The molecule has 1 saturated heterocycles. The third-order valence-corrected chi connectivity index (χ3v) is 6.62. The summed E-state index contributed by atoms with van der Waals surface area (Å²) in [7, 11) is -3.63. The van der Waals surface area contributed by atoms with E-state index in [0.717, 1.165) is 0 Å². The minimum atomic E-state index is -3.63. The highest BCUT2D eigenvalue weighted by Gasteiger charge is 2.32. The summed E-state index contributed by atoms with van der Waals surface area (Å²) in [6.45, 7) is 4.40. The van der Waals surface area contributed by atoms with Crippen LogP contribution in [0.3, 0.4) is 0 Å². The van der Waals surface area contributed by atoms with Gasteiger partial charge in [-0.25, -0.2) is 8.42 Å². The van der Waals surface area contributed by atoms with Crippen molar-refractivity contribution in [2.45, 2.75) is 31.0 Å². The first kappa shape index (κ1) is 19.7. The molecule has 2 atom stereocenters. The molecule has 2 aliphatic heterocycles. The lowest BCUT2D eigenvalue weighted by atomic mass is 10.1. The number of hydrogen-bond acceptors (Lipinski definition) is 6. The maximum absolute atomic E-state index is 12.9. The average molecular weight is 418 g/mol. The Morgan fingerprint density at radius 2 is 1.72 bits per heavy atom. The SMILES string of the molecule is CC1CN(S(=O)(=O)c2ccc(NC(=O)c3cccc4c3OCO4)cc2)CC(C)O1. The summed E-state index contributed by atoms with van der Waals surface area (Å²) in [6, 6.07) is 11.2. The number of carbonyl (C=O) groups is 1. The van der Waals surface area contributed by atoms with E-state index >= 15 is 0 Å². The Morgan fingerprint density at radius 1 is 1.03 bits per heavy atom. The number of hydrogen-bond donors (Lipinski definition) is 1. The van der Waals surface area contributed by atoms with Crippen LogP contribution in [0.1, 0.15) is 24.2 Å². The second-order valence-corrected chi connectivity index (χ2v) is 9.04. The zero-order chi connectivity index (χ0) is 20.6. The second-order valence-electron chi connectivity index (χ2n) is 7.10. The van der Waals surface area contributed by atoms with E-state index in [0.29, 0.717) is 35.8 Å². The molecule has 1 N–H and O–H groups in total. The van der Waals surface area contributed by atoms with Crippen LogP contribution in [0.2, 0.25) is 0 Å².